The Kier molecular flexibility index (Phi) is 11.3. The molecule has 0 aromatic carbocycles. The molecule has 0 unspecified atom stereocenters. The summed E-state index contributed by atoms with van der Waals surface area (Å²) in [6.07, 6.45) is 1.15. The topological polar surface area (TPSA) is 90.5 Å². The zero-order valence-corrected chi connectivity index (χ0v) is 21.4. The Bertz CT molecular complexity index is 860. The van der Waals surface area contributed by atoms with Gasteiger partial charge in [-0.25, -0.2) is 0 Å². The van der Waals surface area contributed by atoms with Crippen LogP contribution in [-0.4, -0.2) is 61.9 Å². The number of carbonyl (C=O) groups is 3. The van der Waals surface area contributed by atoms with Gasteiger partial charge in [-0.1, -0.05) is 18.2 Å². The third-order valence-corrected chi connectivity index (χ3v) is 7.62. The number of rotatable bonds is 15. The fourth-order valence-corrected chi connectivity index (χ4v) is 5.41. The van der Waals surface area contributed by atoms with E-state index in [1.807, 2.05) is 52.5 Å². The molecule has 0 aliphatic carbocycles. The van der Waals surface area contributed by atoms with Crippen molar-refractivity contribution in [3.8, 4) is 0 Å². The highest BCUT2D eigenvalue weighted by Crippen LogP contribution is 2.10. The summed E-state index contributed by atoms with van der Waals surface area (Å²) in [5, 5.41) is 14.8. The molecule has 7 nitrogen and oxygen atoms in total. The van der Waals surface area contributed by atoms with Crippen LogP contribution in [0.4, 0.5) is 0 Å². The highest BCUT2D eigenvalue weighted by Gasteiger charge is 2.10. The standard InChI is InChI=1S/C24H30N4O3S3/c29-22(16-19-4-1-13-32-19)25-7-10-28(11-8-26-23(30)17-20-5-2-14-33-20)12-9-27-24(31)18-21-6-3-15-34-21/h1-6,13-15H,7-12,16-18H2,(H,25,29)(H,26,30)(H,27,31). The predicted octanol–water partition coefficient (Wildman–Crippen LogP) is 2.55. The first-order valence-electron chi connectivity index (χ1n) is 11.2. The fraction of sp³-hybridized carbons (Fsp3) is 0.375. The molecular weight excluding hydrogens is 488 g/mol. The number of hydrogen-bond acceptors (Lipinski definition) is 7. The summed E-state index contributed by atoms with van der Waals surface area (Å²) in [6.45, 7) is 3.44. The van der Waals surface area contributed by atoms with E-state index in [1.54, 1.807) is 34.0 Å². The van der Waals surface area contributed by atoms with Gasteiger partial charge >= 0.3 is 0 Å². The van der Waals surface area contributed by atoms with Crippen molar-refractivity contribution in [1.82, 2.24) is 20.9 Å². The first-order valence-corrected chi connectivity index (χ1v) is 13.8. The Balaban J connectivity index is 1.39. The first kappa shape index (κ1) is 26.1. The summed E-state index contributed by atoms with van der Waals surface area (Å²) in [5.41, 5.74) is 0. The summed E-state index contributed by atoms with van der Waals surface area (Å²) in [5.74, 6) is -0.0114. The van der Waals surface area contributed by atoms with Crippen LogP contribution in [0.5, 0.6) is 0 Å². The Hall–Kier alpha value is -2.53. The number of nitrogens with zero attached hydrogens (tertiary/aromatic N) is 1. The number of carbonyl (C=O) groups excluding carboxylic acids is 3. The molecule has 3 amide bonds. The molecule has 0 radical (unpaired) electrons. The van der Waals surface area contributed by atoms with E-state index in [-0.39, 0.29) is 17.7 Å². The third kappa shape index (κ3) is 10.2. The molecule has 0 fully saturated rings. The van der Waals surface area contributed by atoms with Crippen LogP contribution in [0.15, 0.2) is 52.5 Å². The van der Waals surface area contributed by atoms with Crippen LogP contribution in [0.25, 0.3) is 0 Å². The molecule has 3 aromatic rings. The molecule has 0 spiro atoms. The molecule has 34 heavy (non-hydrogen) atoms. The van der Waals surface area contributed by atoms with E-state index in [9.17, 15) is 14.4 Å². The smallest absolute Gasteiger partial charge is 0.225 e. The monoisotopic (exact) mass is 518 g/mol. The van der Waals surface area contributed by atoms with E-state index in [0.717, 1.165) is 14.6 Å². The van der Waals surface area contributed by atoms with Crippen LogP contribution in [0.3, 0.4) is 0 Å². The van der Waals surface area contributed by atoms with Gasteiger partial charge in [0.05, 0.1) is 19.3 Å². The lowest BCUT2D eigenvalue weighted by molar-refractivity contribution is -0.121. The van der Waals surface area contributed by atoms with Crippen molar-refractivity contribution in [3.63, 3.8) is 0 Å². The second kappa shape index (κ2) is 14.7. The fourth-order valence-electron chi connectivity index (χ4n) is 3.30. The van der Waals surface area contributed by atoms with Crippen molar-refractivity contribution in [2.75, 3.05) is 39.3 Å². The average Bonchev–Trinajstić information content (AvgIpc) is 3.58. The summed E-state index contributed by atoms with van der Waals surface area (Å²) in [6, 6.07) is 11.7. The quantitative estimate of drug-likeness (QED) is 0.288. The molecule has 0 bridgehead atoms. The van der Waals surface area contributed by atoms with Crippen LogP contribution in [-0.2, 0) is 33.6 Å². The second-order valence-electron chi connectivity index (χ2n) is 7.66. The number of nitrogens with one attached hydrogen (secondary N) is 3. The van der Waals surface area contributed by atoms with Gasteiger partial charge in [-0.3, -0.25) is 19.3 Å². The molecule has 0 saturated carbocycles. The van der Waals surface area contributed by atoms with Gasteiger partial charge in [-0.05, 0) is 34.3 Å². The minimum absolute atomic E-state index is 0.00380. The van der Waals surface area contributed by atoms with Gasteiger partial charge in [-0.15, -0.1) is 34.0 Å². The normalized spacial score (nSPS) is 10.9. The molecule has 3 rings (SSSR count). The number of hydrogen-bond donors (Lipinski definition) is 3. The summed E-state index contributed by atoms with van der Waals surface area (Å²) in [4.78, 5) is 41.8. The second-order valence-corrected chi connectivity index (χ2v) is 10.8. The molecule has 0 saturated heterocycles. The molecular formula is C24H30N4O3S3. The van der Waals surface area contributed by atoms with E-state index in [1.165, 1.54) is 0 Å². The molecule has 0 atom stereocenters. The number of amides is 3. The molecule has 3 aromatic heterocycles. The lowest BCUT2D eigenvalue weighted by atomic mass is 10.3. The van der Waals surface area contributed by atoms with E-state index in [4.69, 9.17) is 0 Å². The summed E-state index contributed by atoms with van der Waals surface area (Å²) in [7, 11) is 0. The number of thiophene rings is 3. The summed E-state index contributed by atoms with van der Waals surface area (Å²) < 4.78 is 0. The van der Waals surface area contributed by atoms with Crippen LogP contribution >= 0.6 is 34.0 Å². The Morgan fingerprint density at radius 2 is 0.912 bits per heavy atom. The largest absolute Gasteiger partial charge is 0.355 e. The van der Waals surface area contributed by atoms with Crippen LogP contribution < -0.4 is 16.0 Å². The van der Waals surface area contributed by atoms with Gasteiger partial charge < -0.3 is 16.0 Å². The van der Waals surface area contributed by atoms with Gasteiger partial charge in [0, 0.05) is 53.9 Å². The van der Waals surface area contributed by atoms with Crippen molar-refractivity contribution in [3.05, 3.63) is 67.2 Å². The molecule has 10 heteroatoms. The van der Waals surface area contributed by atoms with Gasteiger partial charge in [0.1, 0.15) is 0 Å². The zero-order valence-electron chi connectivity index (χ0n) is 19.0. The minimum Gasteiger partial charge on any atom is -0.355 e. The maximum absolute atomic E-state index is 12.2. The van der Waals surface area contributed by atoms with Crippen LogP contribution in [0.2, 0.25) is 0 Å². The highest BCUT2D eigenvalue weighted by atomic mass is 32.1. The SMILES string of the molecule is O=C(Cc1cccs1)NCCN(CCNC(=O)Cc1cccs1)CCNC(=O)Cc1cccs1. The Labute approximate surface area is 212 Å². The molecule has 3 heterocycles. The van der Waals surface area contributed by atoms with E-state index in [0.29, 0.717) is 58.5 Å². The Morgan fingerprint density at radius 1 is 0.588 bits per heavy atom. The Morgan fingerprint density at radius 3 is 1.18 bits per heavy atom. The molecule has 3 N–H and O–H groups in total. The van der Waals surface area contributed by atoms with E-state index >= 15 is 0 Å². The highest BCUT2D eigenvalue weighted by molar-refractivity contribution is 7.10. The van der Waals surface area contributed by atoms with Crippen molar-refractivity contribution >= 4 is 51.7 Å². The van der Waals surface area contributed by atoms with Crippen molar-refractivity contribution in [2.45, 2.75) is 19.3 Å². The average molecular weight is 519 g/mol. The molecule has 182 valence electrons. The van der Waals surface area contributed by atoms with E-state index < -0.39 is 0 Å². The van der Waals surface area contributed by atoms with Crippen molar-refractivity contribution in [1.29, 1.82) is 0 Å². The van der Waals surface area contributed by atoms with E-state index in [2.05, 4.69) is 20.9 Å². The third-order valence-electron chi connectivity index (χ3n) is 5.00. The molecule has 0 aliphatic heterocycles. The van der Waals surface area contributed by atoms with Gasteiger partial charge in [0.25, 0.3) is 0 Å². The predicted molar refractivity (Wildman–Crippen MR) is 140 cm³/mol. The minimum atomic E-state index is -0.00380. The lowest BCUT2D eigenvalue weighted by Gasteiger charge is -2.23. The van der Waals surface area contributed by atoms with Crippen molar-refractivity contribution in [2.24, 2.45) is 0 Å². The maximum Gasteiger partial charge on any atom is 0.225 e. The zero-order chi connectivity index (χ0) is 24.0. The van der Waals surface area contributed by atoms with Gasteiger partial charge in [-0.2, -0.15) is 0 Å². The van der Waals surface area contributed by atoms with Crippen LogP contribution in [0.1, 0.15) is 14.6 Å². The maximum atomic E-state index is 12.2. The summed E-state index contributed by atoms with van der Waals surface area (Å²) >= 11 is 4.71. The molecule has 0 aliphatic rings. The lowest BCUT2D eigenvalue weighted by Crippen LogP contribution is -2.43. The van der Waals surface area contributed by atoms with Crippen LogP contribution in [0, 0.1) is 0 Å². The van der Waals surface area contributed by atoms with Crippen molar-refractivity contribution < 1.29 is 14.4 Å². The van der Waals surface area contributed by atoms with Gasteiger partial charge in [0.2, 0.25) is 17.7 Å². The first-order chi connectivity index (χ1) is 16.6. The van der Waals surface area contributed by atoms with Gasteiger partial charge in [0.15, 0.2) is 0 Å².